The van der Waals surface area contributed by atoms with Gasteiger partial charge in [0.1, 0.15) is 0 Å². The van der Waals surface area contributed by atoms with Crippen molar-refractivity contribution < 1.29 is 14.6 Å². The average molecular weight is 188 g/mol. The first kappa shape index (κ1) is 11.0. The fraction of sp³-hybridized carbons (Fsp3) is 1.00. The highest BCUT2D eigenvalue weighted by molar-refractivity contribution is 4.86. The molecule has 0 unspecified atom stereocenters. The molecule has 78 valence electrons. The van der Waals surface area contributed by atoms with E-state index in [1.54, 1.807) is 14.2 Å². The van der Waals surface area contributed by atoms with Crippen LogP contribution in [0, 0.1) is 5.41 Å². The van der Waals surface area contributed by atoms with Crippen molar-refractivity contribution >= 4 is 0 Å². The van der Waals surface area contributed by atoms with Crippen LogP contribution >= 0.6 is 0 Å². The lowest BCUT2D eigenvalue weighted by Crippen LogP contribution is -2.42. The van der Waals surface area contributed by atoms with Crippen LogP contribution < -0.4 is 0 Å². The molecule has 0 atom stereocenters. The minimum absolute atomic E-state index is 0.0700. The summed E-state index contributed by atoms with van der Waals surface area (Å²) in [6.45, 7) is 2.37. The molecule has 0 aromatic rings. The largest absolute Gasteiger partial charge is 0.396 e. The lowest BCUT2D eigenvalue weighted by molar-refractivity contribution is -0.235. The molecule has 0 spiro atoms. The van der Waals surface area contributed by atoms with E-state index < -0.39 is 5.79 Å². The Bertz CT molecular complexity index is 154. The molecule has 0 aliphatic heterocycles. The second-order valence-electron chi connectivity index (χ2n) is 4.29. The summed E-state index contributed by atoms with van der Waals surface area (Å²) in [6, 6.07) is 0. The van der Waals surface area contributed by atoms with Crippen molar-refractivity contribution in [1.82, 2.24) is 0 Å². The number of ether oxygens (including phenoxy) is 2. The van der Waals surface area contributed by atoms with Crippen molar-refractivity contribution in [2.75, 3.05) is 20.8 Å². The fourth-order valence-corrected chi connectivity index (χ4v) is 1.88. The Morgan fingerprint density at radius 1 is 1.08 bits per heavy atom. The topological polar surface area (TPSA) is 38.7 Å². The van der Waals surface area contributed by atoms with Crippen LogP contribution in [0.2, 0.25) is 0 Å². The van der Waals surface area contributed by atoms with Gasteiger partial charge in [-0.3, -0.25) is 0 Å². The van der Waals surface area contributed by atoms with Gasteiger partial charge >= 0.3 is 0 Å². The molecular weight excluding hydrogens is 168 g/mol. The Balaban J connectivity index is 2.54. The first-order valence-corrected chi connectivity index (χ1v) is 4.81. The van der Waals surface area contributed by atoms with Gasteiger partial charge in [-0.15, -0.1) is 0 Å². The van der Waals surface area contributed by atoms with Crippen molar-refractivity contribution in [3.63, 3.8) is 0 Å². The zero-order valence-corrected chi connectivity index (χ0v) is 8.80. The predicted molar refractivity (Wildman–Crippen MR) is 50.4 cm³/mol. The Morgan fingerprint density at radius 2 is 1.54 bits per heavy atom. The Kier molecular flexibility index (Phi) is 3.33. The first-order valence-electron chi connectivity index (χ1n) is 4.81. The van der Waals surface area contributed by atoms with Gasteiger partial charge in [-0.25, -0.2) is 0 Å². The van der Waals surface area contributed by atoms with Crippen LogP contribution in [0.4, 0.5) is 0 Å². The normalized spacial score (nSPS) is 25.8. The summed E-state index contributed by atoms with van der Waals surface area (Å²) in [7, 11) is 3.37. The molecule has 1 saturated carbocycles. The predicted octanol–water partition coefficient (Wildman–Crippen LogP) is 1.55. The van der Waals surface area contributed by atoms with Gasteiger partial charge in [0.2, 0.25) is 0 Å². The molecule has 1 rings (SSSR count). The summed E-state index contributed by atoms with van der Waals surface area (Å²) in [5, 5.41) is 9.18. The SMILES string of the molecule is COC1(OC)CCC(C)(CO)CC1. The number of rotatable bonds is 3. The summed E-state index contributed by atoms with van der Waals surface area (Å²) in [5.41, 5.74) is 0.0700. The van der Waals surface area contributed by atoms with Crippen LogP contribution in [-0.2, 0) is 9.47 Å². The van der Waals surface area contributed by atoms with Crippen LogP contribution in [0.25, 0.3) is 0 Å². The van der Waals surface area contributed by atoms with E-state index in [2.05, 4.69) is 6.92 Å². The minimum atomic E-state index is -0.394. The maximum absolute atomic E-state index is 9.18. The Labute approximate surface area is 80.0 Å². The highest BCUT2D eigenvalue weighted by Crippen LogP contribution is 2.41. The second kappa shape index (κ2) is 3.95. The molecule has 13 heavy (non-hydrogen) atoms. The van der Waals surface area contributed by atoms with Gasteiger partial charge in [0.05, 0.1) is 0 Å². The van der Waals surface area contributed by atoms with E-state index in [-0.39, 0.29) is 12.0 Å². The maximum atomic E-state index is 9.18. The van der Waals surface area contributed by atoms with Crippen LogP contribution in [0.3, 0.4) is 0 Å². The molecule has 1 aliphatic carbocycles. The average Bonchev–Trinajstić information content (AvgIpc) is 2.20. The summed E-state index contributed by atoms with van der Waals surface area (Å²) in [6.07, 6.45) is 3.67. The molecule has 1 N–H and O–H groups in total. The third-order valence-corrected chi connectivity index (χ3v) is 3.34. The van der Waals surface area contributed by atoms with Crippen LogP contribution in [-0.4, -0.2) is 31.7 Å². The van der Waals surface area contributed by atoms with E-state index in [1.165, 1.54) is 0 Å². The zero-order valence-electron chi connectivity index (χ0n) is 8.80. The molecule has 3 nitrogen and oxygen atoms in total. The highest BCUT2D eigenvalue weighted by atomic mass is 16.7. The molecule has 1 fully saturated rings. The smallest absolute Gasteiger partial charge is 0.167 e. The summed E-state index contributed by atoms with van der Waals surface area (Å²) in [5.74, 6) is -0.394. The molecule has 3 heteroatoms. The molecule has 0 bridgehead atoms. The van der Waals surface area contributed by atoms with Crippen molar-refractivity contribution in [2.24, 2.45) is 5.41 Å². The molecular formula is C10H20O3. The van der Waals surface area contributed by atoms with E-state index in [4.69, 9.17) is 9.47 Å². The standard InChI is InChI=1S/C10H20O3/c1-9(8-11)4-6-10(12-2,13-3)7-5-9/h11H,4-8H2,1-3H3. The van der Waals surface area contributed by atoms with Gasteiger partial charge in [-0.05, 0) is 18.3 Å². The Hall–Kier alpha value is -0.120. The number of hydrogen-bond acceptors (Lipinski definition) is 3. The molecule has 0 aromatic carbocycles. The third kappa shape index (κ3) is 2.22. The van der Waals surface area contributed by atoms with E-state index in [1.807, 2.05) is 0 Å². The monoisotopic (exact) mass is 188 g/mol. The van der Waals surface area contributed by atoms with Crippen molar-refractivity contribution in [3.8, 4) is 0 Å². The van der Waals surface area contributed by atoms with E-state index in [9.17, 15) is 5.11 Å². The minimum Gasteiger partial charge on any atom is -0.396 e. The Morgan fingerprint density at radius 3 is 1.85 bits per heavy atom. The second-order valence-corrected chi connectivity index (χ2v) is 4.29. The van der Waals surface area contributed by atoms with Gasteiger partial charge in [-0.1, -0.05) is 6.92 Å². The van der Waals surface area contributed by atoms with Crippen molar-refractivity contribution in [2.45, 2.75) is 38.4 Å². The molecule has 0 amide bonds. The first-order chi connectivity index (χ1) is 6.10. The highest BCUT2D eigenvalue weighted by Gasteiger charge is 2.40. The van der Waals surface area contributed by atoms with Crippen molar-refractivity contribution in [3.05, 3.63) is 0 Å². The zero-order chi connectivity index (χ0) is 9.95. The fourth-order valence-electron chi connectivity index (χ4n) is 1.88. The number of hydrogen-bond donors (Lipinski definition) is 1. The molecule has 0 heterocycles. The van der Waals surface area contributed by atoms with Gasteiger partial charge in [0.15, 0.2) is 5.79 Å². The lowest BCUT2D eigenvalue weighted by atomic mass is 9.74. The van der Waals surface area contributed by atoms with Gasteiger partial charge in [-0.2, -0.15) is 0 Å². The summed E-state index contributed by atoms with van der Waals surface area (Å²) < 4.78 is 10.7. The van der Waals surface area contributed by atoms with E-state index >= 15 is 0 Å². The van der Waals surface area contributed by atoms with Gasteiger partial charge in [0, 0.05) is 33.7 Å². The number of methoxy groups -OCH3 is 2. The molecule has 0 saturated heterocycles. The van der Waals surface area contributed by atoms with Crippen LogP contribution in [0.1, 0.15) is 32.6 Å². The molecule has 0 aromatic heterocycles. The van der Waals surface area contributed by atoms with Gasteiger partial charge < -0.3 is 14.6 Å². The summed E-state index contributed by atoms with van der Waals surface area (Å²) >= 11 is 0. The van der Waals surface area contributed by atoms with Crippen LogP contribution in [0.15, 0.2) is 0 Å². The third-order valence-electron chi connectivity index (χ3n) is 3.34. The number of aliphatic hydroxyl groups excluding tert-OH is 1. The number of aliphatic hydroxyl groups is 1. The molecule has 1 aliphatic rings. The van der Waals surface area contributed by atoms with Crippen LogP contribution in [0.5, 0.6) is 0 Å². The quantitative estimate of drug-likeness (QED) is 0.683. The van der Waals surface area contributed by atoms with Crippen molar-refractivity contribution in [1.29, 1.82) is 0 Å². The van der Waals surface area contributed by atoms with E-state index in [0.29, 0.717) is 0 Å². The molecule has 0 radical (unpaired) electrons. The lowest BCUT2D eigenvalue weighted by Gasteiger charge is -2.42. The summed E-state index contributed by atoms with van der Waals surface area (Å²) in [4.78, 5) is 0. The van der Waals surface area contributed by atoms with Gasteiger partial charge in [0.25, 0.3) is 0 Å². The maximum Gasteiger partial charge on any atom is 0.167 e. The van der Waals surface area contributed by atoms with E-state index in [0.717, 1.165) is 25.7 Å².